The molecule has 2 heteroatoms. The summed E-state index contributed by atoms with van der Waals surface area (Å²) in [6, 6.07) is 8.53. The molecule has 2 N–H and O–H groups in total. The molecular formula is C10H17NY-2. The Hall–Kier alpha value is 0.124. The summed E-state index contributed by atoms with van der Waals surface area (Å²) in [6.07, 6.45) is 0. The summed E-state index contributed by atoms with van der Waals surface area (Å²) >= 11 is 0. The van der Waals surface area contributed by atoms with E-state index in [9.17, 15) is 0 Å². The molecule has 0 bridgehead atoms. The first-order valence-electron chi connectivity index (χ1n) is 3.53. The van der Waals surface area contributed by atoms with Crippen LogP contribution in [0.4, 0.5) is 5.69 Å². The second kappa shape index (κ2) is 11.1. The van der Waals surface area contributed by atoms with E-state index >= 15 is 0 Å². The molecule has 0 atom stereocenters. The Morgan fingerprint density at radius 3 is 2.08 bits per heavy atom. The fraction of sp³-hybridized carbons (Fsp3) is 0.300. The van der Waals surface area contributed by atoms with E-state index in [0.29, 0.717) is 0 Å². The van der Waals surface area contributed by atoms with Crippen LogP contribution in [0.1, 0.15) is 19.4 Å². The number of hydrogen-bond acceptors (Lipinski definition) is 1. The van der Waals surface area contributed by atoms with Crippen molar-refractivity contribution in [1.29, 1.82) is 0 Å². The molecule has 0 aliphatic heterocycles. The minimum Gasteiger partial charge on any atom is -0.419 e. The van der Waals surface area contributed by atoms with E-state index in [1.807, 2.05) is 39.0 Å². The molecule has 0 spiro atoms. The van der Waals surface area contributed by atoms with Crippen LogP contribution in [0.3, 0.4) is 0 Å². The van der Waals surface area contributed by atoms with Crippen molar-refractivity contribution in [3.63, 3.8) is 0 Å². The zero-order valence-corrected chi connectivity index (χ0v) is 11.2. The minimum atomic E-state index is 0. The van der Waals surface area contributed by atoms with Gasteiger partial charge in [-0.15, -0.1) is 12.1 Å². The maximum absolute atomic E-state index is 5.44. The van der Waals surface area contributed by atoms with Crippen molar-refractivity contribution in [2.24, 2.45) is 0 Å². The van der Waals surface area contributed by atoms with Crippen LogP contribution in [0, 0.1) is 20.4 Å². The fourth-order valence-corrected chi connectivity index (χ4v) is 0.609. The number of anilines is 1. The summed E-state index contributed by atoms with van der Waals surface area (Å²) in [5.74, 6) is 0. The van der Waals surface area contributed by atoms with E-state index in [4.69, 9.17) is 5.73 Å². The minimum absolute atomic E-state index is 0. The van der Waals surface area contributed by atoms with Gasteiger partial charge in [-0.3, -0.25) is 0 Å². The molecule has 1 radical (unpaired) electrons. The summed E-state index contributed by atoms with van der Waals surface area (Å²) in [5, 5.41) is 0. The molecule has 0 fully saturated rings. The van der Waals surface area contributed by atoms with Crippen LogP contribution in [0.25, 0.3) is 0 Å². The fourth-order valence-electron chi connectivity index (χ4n) is 0.609. The Labute approximate surface area is 102 Å². The smallest absolute Gasteiger partial charge is 0 e. The van der Waals surface area contributed by atoms with Crippen molar-refractivity contribution in [2.45, 2.75) is 20.8 Å². The predicted molar refractivity (Wildman–Crippen MR) is 52.2 cm³/mol. The quantitative estimate of drug-likeness (QED) is 0.547. The van der Waals surface area contributed by atoms with Crippen LogP contribution in [0.5, 0.6) is 0 Å². The SMILES string of the molecule is CC.Cc1[c-]ccc(N)c1.[CH3-].[Y]. The second-order valence-corrected chi connectivity index (χ2v) is 1.81. The van der Waals surface area contributed by atoms with Gasteiger partial charge < -0.3 is 13.2 Å². The van der Waals surface area contributed by atoms with Crippen molar-refractivity contribution in [3.8, 4) is 0 Å². The molecule has 0 aliphatic carbocycles. The van der Waals surface area contributed by atoms with Gasteiger partial charge in [-0.1, -0.05) is 26.5 Å². The zero-order valence-electron chi connectivity index (χ0n) is 8.39. The van der Waals surface area contributed by atoms with Gasteiger partial charge in [0.05, 0.1) is 0 Å². The third-order valence-corrected chi connectivity index (χ3v) is 0.970. The summed E-state index contributed by atoms with van der Waals surface area (Å²) in [4.78, 5) is 0. The van der Waals surface area contributed by atoms with E-state index < -0.39 is 0 Å². The maximum atomic E-state index is 5.44. The molecule has 12 heavy (non-hydrogen) atoms. The normalized spacial score (nSPS) is 6.58. The van der Waals surface area contributed by atoms with Crippen molar-refractivity contribution < 1.29 is 32.7 Å². The van der Waals surface area contributed by atoms with Gasteiger partial charge in [-0.05, 0) is 0 Å². The number of hydrogen-bond donors (Lipinski definition) is 1. The molecule has 0 saturated carbocycles. The summed E-state index contributed by atoms with van der Waals surface area (Å²) < 4.78 is 0. The molecule has 1 aromatic carbocycles. The van der Waals surface area contributed by atoms with E-state index in [-0.39, 0.29) is 40.1 Å². The molecule has 0 unspecified atom stereocenters. The summed E-state index contributed by atoms with van der Waals surface area (Å²) in [7, 11) is 0. The van der Waals surface area contributed by atoms with Crippen molar-refractivity contribution >= 4 is 5.69 Å². The average Bonchev–Trinajstić information content (AvgIpc) is 1.91. The van der Waals surface area contributed by atoms with Gasteiger partial charge in [0.2, 0.25) is 0 Å². The first-order chi connectivity index (χ1) is 4.79. The molecule has 1 nitrogen and oxygen atoms in total. The third-order valence-electron chi connectivity index (χ3n) is 0.970. The summed E-state index contributed by atoms with van der Waals surface area (Å²) in [6.45, 7) is 5.97. The Bertz CT molecular complexity index is 170. The topological polar surface area (TPSA) is 26.0 Å². The average molecular weight is 240 g/mol. The summed E-state index contributed by atoms with van der Waals surface area (Å²) in [5.41, 5.74) is 7.33. The van der Waals surface area contributed by atoms with Gasteiger partial charge in [-0.25, -0.2) is 0 Å². The number of nitrogen functional groups attached to an aromatic ring is 1. The van der Waals surface area contributed by atoms with Gasteiger partial charge in [-0.2, -0.15) is 17.7 Å². The first kappa shape index (κ1) is 18.0. The maximum Gasteiger partial charge on any atom is 0 e. The number of rotatable bonds is 0. The van der Waals surface area contributed by atoms with Gasteiger partial charge in [0, 0.05) is 32.7 Å². The van der Waals surface area contributed by atoms with Gasteiger partial charge in [0.25, 0.3) is 0 Å². The van der Waals surface area contributed by atoms with Gasteiger partial charge >= 0.3 is 0 Å². The van der Waals surface area contributed by atoms with Crippen LogP contribution in [0.15, 0.2) is 18.2 Å². The van der Waals surface area contributed by atoms with Crippen LogP contribution < -0.4 is 5.73 Å². The van der Waals surface area contributed by atoms with E-state index in [2.05, 4.69) is 6.07 Å². The predicted octanol–water partition coefficient (Wildman–Crippen LogP) is 2.85. The molecule has 1 rings (SSSR count). The molecular weight excluding hydrogens is 223 g/mol. The van der Waals surface area contributed by atoms with Crippen LogP contribution in [-0.4, -0.2) is 0 Å². The molecule has 1 aromatic rings. The molecule has 0 aromatic heterocycles. The monoisotopic (exact) mass is 240 g/mol. The Balaban J connectivity index is -0.000000189. The first-order valence-corrected chi connectivity index (χ1v) is 3.53. The van der Waals surface area contributed by atoms with Crippen LogP contribution in [-0.2, 0) is 32.7 Å². The van der Waals surface area contributed by atoms with E-state index in [1.54, 1.807) is 0 Å². The third kappa shape index (κ3) is 8.22. The molecule has 0 amide bonds. The van der Waals surface area contributed by atoms with E-state index in [1.165, 1.54) is 0 Å². The number of benzene rings is 1. The second-order valence-electron chi connectivity index (χ2n) is 1.81. The Kier molecular flexibility index (Phi) is 16.7. The number of nitrogens with two attached hydrogens (primary N) is 1. The van der Waals surface area contributed by atoms with Gasteiger partial charge in [0.15, 0.2) is 0 Å². The Morgan fingerprint density at radius 2 is 1.83 bits per heavy atom. The van der Waals surface area contributed by atoms with E-state index in [0.717, 1.165) is 11.3 Å². The van der Waals surface area contributed by atoms with Crippen LogP contribution >= 0.6 is 0 Å². The molecule has 0 heterocycles. The molecule has 67 valence electrons. The van der Waals surface area contributed by atoms with Crippen LogP contribution in [0.2, 0.25) is 0 Å². The zero-order chi connectivity index (χ0) is 7.98. The van der Waals surface area contributed by atoms with Crippen molar-refractivity contribution in [1.82, 2.24) is 0 Å². The standard InChI is InChI=1S/C7H8N.C2H6.CH3.Y/c1-6-3-2-4-7(8)5-6;1-2;;/h2,4-5H,8H2,1H3;1-2H3;1H3;/q-1;;-1;. The number of aryl methyl sites for hydroxylation is 1. The Morgan fingerprint density at radius 1 is 1.33 bits per heavy atom. The van der Waals surface area contributed by atoms with Gasteiger partial charge in [0.1, 0.15) is 0 Å². The largest absolute Gasteiger partial charge is 0.419 e. The van der Waals surface area contributed by atoms with Crippen molar-refractivity contribution in [3.05, 3.63) is 37.3 Å². The van der Waals surface area contributed by atoms with Crippen molar-refractivity contribution in [2.75, 3.05) is 5.73 Å². The molecule has 0 aliphatic rings. The molecule has 0 saturated heterocycles.